The van der Waals surface area contributed by atoms with Crippen molar-refractivity contribution >= 4 is 5.97 Å². The molecule has 0 amide bonds. The second-order valence-corrected chi connectivity index (χ2v) is 6.96. The zero-order valence-corrected chi connectivity index (χ0v) is 14.6. The lowest BCUT2D eigenvalue weighted by Crippen LogP contribution is -2.57. The van der Waals surface area contributed by atoms with Gasteiger partial charge >= 0.3 is 5.97 Å². The van der Waals surface area contributed by atoms with Crippen LogP contribution in [0.5, 0.6) is 0 Å². The minimum atomic E-state index is -0.595. The number of nitrogens with one attached hydrogen (secondary N) is 1. The maximum atomic E-state index is 12.2. The van der Waals surface area contributed by atoms with E-state index in [-0.39, 0.29) is 5.97 Å². The van der Waals surface area contributed by atoms with Gasteiger partial charge in [-0.3, -0.25) is 4.79 Å². The molecule has 1 fully saturated rings. The highest BCUT2D eigenvalue weighted by Gasteiger charge is 2.36. The van der Waals surface area contributed by atoms with Crippen LogP contribution in [0.3, 0.4) is 0 Å². The molecule has 0 bridgehead atoms. The van der Waals surface area contributed by atoms with Crippen molar-refractivity contribution in [2.45, 2.75) is 58.9 Å². The van der Waals surface area contributed by atoms with Gasteiger partial charge in [0.25, 0.3) is 0 Å². The third-order valence-electron chi connectivity index (χ3n) is 4.75. The summed E-state index contributed by atoms with van der Waals surface area (Å²) < 4.78 is 5.02. The molecule has 2 unspecified atom stereocenters. The summed E-state index contributed by atoms with van der Waals surface area (Å²) in [6, 6.07) is 0. The molecule has 0 spiro atoms. The lowest BCUT2D eigenvalue weighted by Gasteiger charge is -2.33. The third kappa shape index (κ3) is 5.59. The first-order valence-electron chi connectivity index (χ1n) is 8.48. The highest BCUT2D eigenvalue weighted by molar-refractivity contribution is 5.80. The first kappa shape index (κ1) is 18.4. The van der Waals surface area contributed by atoms with Gasteiger partial charge in [-0.1, -0.05) is 20.8 Å². The second kappa shape index (κ2) is 8.74. The Balaban J connectivity index is 2.64. The van der Waals surface area contributed by atoms with E-state index in [1.165, 1.54) is 26.4 Å². The normalized spacial score (nSPS) is 23.6. The van der Waals surface area contributed by atoms with Gasteiger partial charge in [0.05, 0.1) is 7.11 Å². The van der Waals surface area contributed by atoms with Crippen LogP contribution in [0.4, 0.5) is 0 Å². The van der Waals surface area contributed by atoms with E-state index in [0.29, 0.717) is 0 Å². The molecule has 0 aromatic heterocycles. The van der Waals surface area contributed by atoms with Crippen molar-refractivity contribution in [3.8, 4) is 0 Å². The molecule has 2 atom stereocenters. The lowest BCUT2D eigenvalue weighted by atomic mass is 9.89. The maximum absolute atomic E-state index is 12.2. The number of esters is 1. The highest BCUT2D eigenvalue weighted by Crippen LogP contribution is 2.25. The van der Waals surface area contributed by atoms with Gasteiger partial charge in [0.2, 0.25) is 0 Å². The molecule has 1 aliphatic rings. The molecule has 124 valence electrons. The first-order valence-corrected chi connectivity index (χ1v) is 8.48. The van der Waals surface area contributed by atoms with E-state index in [1.807, 2.05) is 6.92 Å². The SMILES string of the molecule is CCCNC(C)(CN1CCCC(C(C)C)CC1)C(=O)OC. The van der Waals surface area contributed by atoms with Crippen molar-refractivity contribution in [2.75, 3.05) is 33.3 Å². The van der Waals surface area contributed by atoms with Crippen LogP contribution in [-0.4, -0.2) is 49.7 Å². The van der Waals surface area contributed by atoms with Gasteiger partial charge in [-0.2, -0.15) is 0 Å². The predicted molar refractivity (Wildman–Crippen MR) is 87.3 cm³/mol. The van der Waals surface area contributed by atoms with E-state index in [0.717, 1.165) is 44.4 Å². The number of nitrogens with zero attached hydrogens (tertiary/aromatic N) is 1. The Bertz CT molecular complexity index is 320. The summed E-state index contributed by atoms with van der Waals surface area (Å²) in [6.45, 7) is 12.5. The minimum absolute atomic E-state index is 0.152. The van der Waals surface area contributed by atoms with Gasteiger partial charge in [-0.15, -0.1) is 0 Å². The van der Waals surface area contributed by atoms with E-state index in [1.54, 1.807) is 0 Å². The molecular formula is C17H34N2O2. The molecular weight excluding hydrogens is 264 g/mol. The molecule has 4 nitrogen and oxygen atoms in total. The fourth-order valence-corrected chi connectivity index (χ4v) is 3.27. The van der Waals surface area contributed by atoms with Crippen LogP contribution in [0.25, 0.3) is 0 Å². The molecule has 1 aliphatic heterocycles. The Labute approximate surface area is 130 Å². The number of ether oxygens (including phenoxy) is 1. The maximum Gasteiger partial charge on any atom is 0.327 e. The number of carbonyl (C=O) groups is 1. The Kier molecular flexibility index (Phi) is 7.67. The van der Waals surface area contributed by atoms with Crippen LogP contribution < -0.4 is 5.32 Å². The van der Waals surface area contributed by atoms with Crippen LogP contribution in [0.15, 0.2) is 0 Å². The second-order valence-electron chi connectivity index (χ2n) is 6.96. The van der Waals surface area contributed by atoms with Gasteiger partial charge in [0, 0.05) is 6.54 Å². The summed E-state index contributed by atoms with van der Waals surface area (Å²) in [6.07, 6.45) is 4.80. The van der Waals surface area contributed by atoms with Gasteiger partial charge in [0.15, 0.2) is 0 Å². The Morgan fingerprint density at radius 2 is 2.10 bits per heavy atom. The molecule has 0 aliphatic carbocycles. The smallest absolute Gasteiger partial charge is 0.327 e. The van der Waals surface area contributed by atoms with Gasteiger partial charge < -0.3 is 15.0 Å². The van der Waals surface area contributed by atoms with E-state index < -0.39 is 5.54 Å². The number of methoxy groups -OCH3 is 1. The molecule has 0 radical (unpaired) electrons. The highest BCUT2D eigenvalue weighted by atomic mass is 16.5. The molecule has 0 saturated carbocycles. The van der Waals surface area contributed by atoms with Crippen molar-refractivity contribution in [2.24, 2.45) is 11.8 Å². The number of likely N-dealkylation sites (tertiary alicyclic amines) is 1. The molecule has 1 N–H and O–H groups in total. The topological polar surface area (TPSA) is 41.6 Å². The van der Waals surface area contributed by atoms with Crippen molar-refractivity contribution < 1.29 is 9.53 Å². The summed E-state index contributed by atoms with van der Waals surface area (Å²) in [5.74, 6) is 1.43. The van der Waals surface area contributed by atoms with Crippen LogP contribution >= 0.6 is 0 Å². The zero-order valence-electron chi connectivity index (χ0n) is 14.6. The Morgan fingerprint density at radius 3 is 2.67 bits per heavy atom. The number of rotatable bonds is 7. The monoisotopic (exact) mass is 298 g/mol. The van der Waals surface area contributed by atoms with Crippen molar-refractivity contribution in [1.82, 2.24) is 10.2 Å². The zero-order chi connectivity index (χ0) is 15.9. The van der Waals surface area contributed by atoms with Crippen LogP contribution in [0.1, 0.15) is 53.4 Å². The molecule has 0 aromatic rings. The molecule has 1 heterocycles. The van der Waals surface area contributed by atoms with Gasteiger partial charge in [0.1, 0.15) is 5.54 Å². The van der Waals surface area contributed by atoms with E-state index in [4.69, 9.17) is 4.74 Å². The molecule has 1 rings (SSSR count). The minimum Gasteiger partial charge on any atom is -0.468 e. The predicted octanol–water partition coefficient (Wildman–Crippen LogP) is 2.68. The fourth-order valence-electron chi connectivity index (χ4n) is 3.27. The summed E-state index contributed by atoms with van der Waals surface area (Å²) in [7, 11) is 1.48. The van der Waals surface area contributed by atoms with Crippen LogP contribution in [0, 0.1) is 11.8 Å². The van der Waals surface area contributed by atoms with E-state index in [2.05, 4.69) is 31.0 Å². The summed E-state index contributed by atoms with van der Waals surface area (Å²) in [5.41, 5.74) is -0.595. The number of hydrogen-bond acceptors (Lipinski definition) is 4. The summed E-state index contributed by atoms with van der Waals surface area (Å²) in [4.78, 5) is 14.6. The molecule has 21 heavy (non-hydrogen) atoms. The average molecular weight is 298 g/mol. The number of hydrogen-bond donors (Lipinski definition) is 1. The first-order chi connectivity index (χ1) is 9.92. The molecule has 4 heteroatoms. The van der Waals surface area contributed by atoms with Crippen molar-refractivity contribution in [3.05, 3.63) is 0 Å². The fraction of sp³-hybridized carbons (Fsp3) is 0.941. The van der Waals surface area contributed by atoms with Crippen molar-refractivity contribution in [3.63, 3.8) is 0 Å². The average Bonchev–Trinajstić information content (AvgIpc) is 2.69. The molecule has 0 aromatic carbocycles. The Hall–Kier alpha value is -0.610. The van der Waals surface area contributed by atoms with E-state index in [9.17, 15) is 4.79 Å². The van der Waals surface area contributed by atoms with Crippen LogP contribution in [-0.2, 0) is 9.53 Å². The van der Waals surface area contributed by atoms with E-state index >= 15 is 0 Å². The third-order valence-corrected chi connectivity index (χ3v) is 4.75. The van der Waals surface area contributed by atoms with Crippen LogP contribution in [0.2, 0.25) is 0 Å². The lowest BCUT2D eigenvalue weighted by molar-refractivity contribution is -0.148. The Morgan fingerprint density at radius 1 is 1.38 bits per heavy atom. The summed E-state index contributed by atoms with van der Waals surface area (Å²) in [5, 5.41) is 3.38. The van der Waals surface area contributed by atoms with Gasteiger partial charge in [-0.25, -0.2) is 0 Å². The van der Waals surface area contributed by atoms with Crippen molar-refractivity contribution in [1.29, 1.82) is 0 Å². The molecule has 1 saturated heterocycles. The summed E-state index contributed by atoms with van der Waals surface area (Å²) >= 11 is 0. The number of carbonyl (C=O) groups excluding carboxylic acids is 1. The quantitative estimate of drug-likeness (QED) is 0.734. The largest absolute Gasteiger partial charge is 0.468 e. The standard InChI is InChI=1S/C17H34N2O2/c1-6-10-18-17(4,16(20)21-5)13-19-11-7-8-15(9-12-19)14(2)3/h14-15,18H,6-13H2,1-5H3. The van der Waals surface area contributed by atoms with Gasteiger partial charge in [-0.05, 0) is 64.1 Å².